The summed E-state index contributed by atoms with van der Waals surface area (Å²) in [5, 5.41) is 0. The molecule has 0 heterocycles. The number of ether oxygens (including phenoxy) is 1. The average molecular weight is 258 g/mol. The number of aryl methyl sites for hydroxylation is 1. The van der Waals surface area contributed by atoms with Crippen molar-refractivity contribution < 1.29 is 13.9 Å². The number of ketones is 1. The summed E-state index contributed by atoms with van der Waals surface area (Å²) in [6, 6.07) is 11.7. The first kappa shape index (κ1) is 13.3. The summed E-state index contributed by atoms with van der Waals surface area (Å²) >= 11 is 0. The highest BCUT2D eigenvalue weighted by Crippen LogP contribution is 2.23. The average Bonchev–Trinajstić information content (AvgIpc) is 2.42. The van der Waals surface area contributed by atoms with Crippen LogP contribution in [0.15, 0.2) is 42.5 Å². The van der Waals surface area contributed by atoms with E-state index < -0.39 is 5.82 Å². The number of hydrogen-bond acceptors (Lipinski definition) is 2. The van der Waals surface area contributed by atoms with Crippen LogP contribution in [-0.4, -0.2) is 12.4 Å². The molecular formula is C16H15FO2. The van der Waals surface area contributed by atoms with Crippen LogP contribution in [0, 0.1) is 12.7 Å². The molecule has 0 bridgehead atoms. The van der Waals surface area contributed by atoms with Crippen LogP contribution >= 0.6 is 0 Å². The minimum absolute atomic E-state index is 0.0761. The fourth-order valence-electron chi connectivity index (χ4n) is 1.90. The van der Waals surface area contributed by atoms with Gasteiger partial charge in [0, 0.05) is 0 Å². The zero-order valence-corrected chi connectivity index (χ0v) is 10.9. The van der Waals surface area contributed by atoms with Gasteiger partial charge in [-0.3, -0.25) is 4.79 Å². The van der Waals surface area contributed by atoms with Crippen molar-refractivity contribution in [3.05, 3.63) is 65.0 Å². The highest BCUT2D eigenvalue weighted by Gasteiger charge is 2.18. The number of para-hydroxylation sites is 1. The van der Waals surface area contributed by atoms with E-state index in [4.69, 9.17) is 4.74 Å². The molecule has 2 rings (SSSR count). The molecule has 3 heteroatoms. The van der Waals surface area contributed by atoms with Crippen molar-refractivity contribution in [1.29, 1.82) is 0 Å². The molecule has 0 saturated carbocycles. The van der Waals surface area contributed by atoms with E-state index in [9.17, 15) is 9.18 Å². The van der Waals surface area contributed by atoms with E-state index in [1.165, 1.54) is 6.07 Å². The van der Waals surface area contributed by atoms with Gasteiger partial charge in [0.05, 0.1) is 17.7 Å². The topological polar surface area (TPSA) is 26.3 Å². The van der Waals surface area contributed by atoms with Crippen LogP contribution in [0.3, 0.4) is 0 Å². The molecule has 0 aliphatic carbocycles. The molecule has 0 aliphatic rings. The van der Waals surface area contributed by atoms with Gasteiger partial charge in [-0.15, -0.1) is 0 Å². The Morgan fingerprint density at radius 3 is 2.53 bits per heavy atom. The molecule has 0 amide bonds. The Balaban J connectivity index is 2.47. The number of halogens is 1. The molecule has 0 N–H and O–H groups in total. The van der Waals surface area contributed by atoms with E-state index in [0.717, 1.165) is 0 Å². The number of rotatable bonds is 4. The van der Waals surface area contributed by atoms with Crippen molar-refractivity contribution >= 4 is 5.78 Å². The maximum atomic E-state index is 14.0. The van der Waals surface area contributed by atoms with Crippen LogP contribution in [0.2, 0.25) is 0 Å². The summed E-state index contributed by atoms with van der Waals surface area (Å²) in [4.78, 5) is 12.4. The minimum Gasteiger partial charge on any atom is -0.493 e. The lowest BCUT2D eigenvalue weighted by atomic mass is 10.00. The number of benzene rings is 2. The van der Waals surface area contributed by atoms with Gasteiger partial charge in [-0.25, -0.2) is 4.39 Å². The molecule has 0 aromatic heterocycles. The van der Waals surface area contributed by atoms with Crippen LogP contribution in [0.5, 0.6) is 5.75 Å². The molecule has 2 aromatic carbocycles. The van der Waals surface area contributed by atoms with Crippen molar-refractivity contribution in [2.45, 2.75) is 13.8 Å². The lowest BCUT2D eigenvalue weighted by Crippen LogP contribution is -2.08. The summed E-state index contributed by atoms with van der Waals surface area (Å²) in [5.41, 5.74) is 0.917. The van der Waals surface area contributed by atoms with E-state index in [-0.39, 0.29) is 11.3 Å². The van der Waals surface area contributed by atoms with E-state index in [0.29, 0.717) is 23.5 Å². The van der Waals surface area contributed by atoms with Gasteiger partial charge < -0.3 is 4.74 Å². The monoisotopic (exact) mass is 258 g/mol. The van der Waals surface area contributed by atoms with Gasteiger partial charge in [0.25, 0.3) is 0 Å². The van der Waals surface area contributed by atoms with Crippen molar-refractivity contribution in [3.63, 3.8) is 0 Å². The van der Waals surface area contributed by atoms with Gasteiger partial charge >= 0.3 is 0 Å². The SMILES string of the molecule is CCOc1ccccc1C(=O)c1cccc(C)c1F. The molecule has 2 aromatic rings. The van der Waals surface area contributed by atoms with E-state index in [1.54, 1.807) is 43.3 Å². The third kappa shape index (κ3) is 2.65. The van der Waals surface area contributed by atoms with E-state index in [2.05, 4.69) is 0 Å². The van der Waals surface area contributed by atoms with Crippen molar-refractivity contribution in [2.24, 2.45) is 0 Å². The van der Waals surface area contributed by atoms with Crippen molar-refractivity contribution in [2.75, 3.05) is 6.61 Å². The number of carbonyl (C=O) groups excluding carboxylic acids is 1. The van der Waals surface area contributed by atoms with Crippen LogP contribution in [0.1, 0.15) is 28.4 Å². The van der Waals surface area contributed by atoms with Gasteiger partial charge in [0.1, 0.15) is 11.6 Å². The van der Waals surface area contributed by atoms with Gasteiger partial charge in [0.15, 0.2) is 5.78 Å². The molecule has 0 fully saturated rings. The molecule has 19 heavy (non-hydrogen) atoms. The fourth-order valence-corrected chi connectivity index (χ4v) is 1.90. The Hall–Kier alpha value is -2.16. The van der Waals surface area contributed by atoms with Crippen LogP contribution < -0.4 is 4.74 Å². The quantitative estimate of drug-likeness (QED) is 0.780. The number of carbonyl (C=O) groups is 1. The molecule has 0 unspecified atom stereocenters. The second-order valence-electron chi connectivity index (χ2n) is 4.19. The molecule has 0 saturated heterocycles. The standard InChI is InChI=1S/C16H15FO2/c1-3-19-14-10-5-4-8-12(14)16(18)13-9-6-7-11(2)15(13)17/h4-10H,3H2,1-2H3. The first-order chi connectivity index (χ1) is 9.15. The lowest BCUT2D eigenvalue weighted by molar-refractivity contribution is 0.103. The molecule has 98 valence electrons. The van der Waals surface area contributed by atoms with Crippen molar-refractivity contribution in [3.8, 4) is 5.75 Å². The normalized spacial score (nSPS) is 10.3. The highest BCUT2D eigenvalue weighted by molar-refractivity contribution is 6.11. The first-order valence-electron chi connectivity index (χ1n) is 6.16. The van der Waals surface area contributed by atoms with E-state index >= 15 is 0 Å². The van der Waals surface area contributed by atoms with Crippen molar-refractivity contribution in [1.82, 2.24) is 0 Å². The van der Waals surface area contributed by atoms with Gasteiger partial charge in [-0.05, 0) is 37.6 Å². The highest BCUT2D eigenvalue weighted by atomic mass is 19.1. The zero-order valence-electron chi connectivity index (χ0n) is 10.9. The van der Waals surface area contributed by atoms with Gasteiger partial charge in [0.2, 0.25) is 0 Å². The maximum Gasteiger partial charge on any atom is 0.199 e. The second kappa shape index (κ2) is 5.65. The van der Waals surface area contributed by atoms with Gasteiger partial charge in [-0.2, -0.15) is 0 Å². The van der Waals surface area contributed by atoms with Gasteiger partial charge in [-0.1, -0.05) is 24.3 Å². The fraction of sp³-hybridized carbons (Fsp3) is 0.188. The Labute approximate surface area is 111 Å². The first-order valence-corrected chi connectivity index (χ1v) is 6.16. The third-order valence-corrected chi connectivity index (χ3v) is 2.87. The molecule has 0 aliphatic heterocycles. The smallest absolute Gasteiger partial charge is 0.199 e. The molecule has 2 nitrogen and oxygen atoms in total. The van der Waals surface area contributed by atoms with Crippen LogP contribution in [-0.2, 0) is 0 Å². The minimum atomic E-state index is -0.473. The summed E-state index contributed by atoms with van der Waals surface area (Å²) in [5.74, 6) is -0.347. The Morgan fingerprint density at radius 1 is 1.11 bits per heavy atom. The summed E-state index contributed by atoms with van der Waals surface area (Å²) < 4.78 is 19.4. The predicted octanol–water partition coefficient (Wildman–Crippen LogP) is 3.76. The molecule has 0 radical (unpaired) electrons. The Kier molecular flexibility index (Phi) is 3.95. The van der Waals surface area contributed by atoms with Crippen LogP contribution in [0.25, 0.3) is 0 Å². The molecule has 0 atom stereocenters. The molecule has 0 spiro atoms. The van der Waals surface area contributed by atoms with E-state index in [1.807, 2.05) is 6.92 Å². The maximum absolute atomic E-state index is 14.0. The zero-order chi connectivity index (χ0) is 13.8. The third-order valence-electron chi connectivity index (χ3n) is 2.87. The summed E-state index contributed by atoms with van der Waals surface area (Å²) in [7, 11) is 0. The number of hydrogen-bond donors (Lipinski definition) is 0. The second-order valence-corrected chi connectivity index (χ2v) is 4.19. The predicted molar refractivity (Wildman–Crippen MR) is 72.2 cm³/mol. The summed E-state index contributed by atoms with van der Waals surface area (Å²) in [6.07, 6.45) is 0. The summed E-state index contributed by atoms with van der Waals surface area (Å²) in [6.45, 7) is 3.94. The molecular weight excluding hydrogens is 243 g/mol. The Morgan fingerprint density at radius 2 is 1.79 bits per heavy atom. The Bertz CT molecular complexity index is 605. The lowest BCUT2D eigenvalue weighted by Gasteiger charge is -2.10. The largest absolute Gasteiger partial charge is 0.493 e. The van der Waals surface area contributed by atoms with Crippen LogP contribution in [0.4, 0.5) is 4.39 Å².